The van der Waals surface area contributed by atoms with Gasteiger partial charge in [0.25, 0.3) is 0 Å². The monoisotopic (exact) mass is 322 g/mol. The van der Waals surface area contributed by atoms with E-state index in [4.69, 9.17) is 4.42 Å². The molecule has 2 aromatic carbocycles. The van der Waals surface area contributed by atoms with Gasteiger partial charge in [-0.05, 0) is 24.3 Å². The van der Waals surface area contributed by atoms with Crippen molar-refractivity contribution in [2.24, 2.45) is 0 Å². The highest BCUT2D eigenvalue weighted by atomic mass is 32.2. The number of rotatable bonds is 2. The lowest BCUT2D eigenvalue weighted by molar-refractivity contribution is 0.468. The molecule has 0 saturated carbocycles. The molecule has 0 radical (unpaired) electrons. The Morgan fingerprint density at radius 2 is 1.55 bits per heavy atom. The smallest absolute Gasteiger partial charge is 0.239 e. The lowest BCUT2D eigenvalue weighted by atomic mass is 10.2. The highest BCUT2D eigenvalue weighted by Gasteiger charge is 2.23. The molecule has 1 aromatic heterocycles. The average molecular weight is 322 g/mol. The molecule has 4 nitrogen and oxygen atoms in total. The van der Waals surface area contributed by atoms with Crippen LogP contribution in [0, 0.1) is 11.6 Å². The van der Waals surface area contributed by atoms with E-state index in [9.17, 15) is 22.0 Å². The fourth-order valence-corrected chi connectivity index (χ4v) is 3.24. The standard InChI is InChI=1S/C15H8F2O4S/c16-9-5-10(17)7-11(6-9)22(19,20)15-8-13(18)12-3-1-2-4-14(12)21-15/h1-8H. The lowest BCUT2D eigenvalue weighted by Gasteiger charge is -2.05. The number of fused-ring (bicyclic) bond motifs is 1. The van der Waals surface area contributed by atoms with Gasteiger partial charge in [-0.15, -0.1) is 0 Å². The van der Waals surface area contributed by atoms with Gasteiger partial charge in [0, 0.05) is 12.1 Å². The van der Waals surface area contributed by atoms with E-state index in [0.29, 0.717) is 18.2 Å². The molecule has 3 rings (SSSR count). The summed E-state index contributed by atoms with van der Waals surface area (Å²) >= 11 is 0. The van der Waals surface area contributed by atoms with Crippen LogP contribution >= 0.6 is 0 Å². The first-order valence-electron chi connectivity index (χ1n) is 6.12. The van der Waals surface area contributed by atoms with Crippen LogP contribution in [0.15, 0.2) is 67.7 Å². The molecule has 112 valence electrons. The van der Waals surface area contributed by atoms with Crippen LogP contribution in [0.25, 0.3) is 11.0 Å². The third kappa shape index (κ3) is 2.39. The summed E-state index contributed by atoms with van der Waals surface area (Å²) in [6, 6.07) is 8.76. The van der Waals surface area contributed by atoms with Crippen molar-refractivity contribution in [2.75, 3.05) is 0 Å². The van der Waals surface area contributed by atoms with E-state index in [1.54, 1.807) is 12.1 Å². The SMILES string of the molecule is O=c1cc(S(=O)(=O)c2cc(F)cc(F)c2)oc2ccccc12. The van der Waals surface area contributed by atoms with Crippen molar-refractivity contribution in [1.82, 2.24) is 0 Å². The van der Waals surface area contributed by atoms with Crippen molar-refractivity contribution in [3.8, 4) is 0 Å². The Bertz CT molecular complexity index is 1020. The second kappa shape index (κ2) is 5.03. The van der Waals surface area contributed by atoms with Gasteiger partial charge in [0.05, 0.1) is 10.3 Å². The number of sulfone groups is 1. The van der Waals surface area contributed by atoms with Crippen LogP contribution < -0.4 is 5.43 Å². The number of benzene rings is 2. The molecule has 0 N–H and O–H groups in total. The topological polar surface area (TPSA) is 64.3 Å². The van der Waals surface area contributed by atoms with Gasteiger partial charge in [-0.3, -0.25) is 4.79 Å². The Balaban J connectivity index is 2.27. The molecule has 1 heterocycles. The molecular formula is C15H8F2O4S. The summed E-state index contributed by atoms with van der Waals surface area (Å²) in [5.41, 5.74) is -0.484. The Labute approximate surface area is 123 Å². The van der Waals surface area contributed by atoms with Gasteiger partial charge in [0.2, 0.25) is 14.9 Å². The van der Waals surface area contributed by atoms with Gasteiger partial charge in [0.15, 0.2) is 5.43 Å². The number of hydrogen-bond acceptors (Lipinski definition) is 4. The van der Waals surface area contributed by atoms with E-state index in [2.05, 4.69) is 0 Å². The quantitative estimate of drug-likeness (QED) is 0.728. The van der Waals surface area contributed by atoms with Crippen LogP contribution in [0.1, 0.15) is 0 Å². The summed E-state index contributed by atoms with van der Waals surface area (Å²) in [4.78, 5) is 11.3. The molecule has 0 aliphatic carbocycles. The van der Waals surface area contributed by atoms with Gasteiger partial charge in [-0.1, -0.05) is 12.1 Å². The molecule has 0 saturated heterocycles. The van der Waals surface area contributed by atoms with Gasteiger partial charge in [-0.2, -0.15) is 0 Å². The minimum Gasteiger partial charge on any atom is -0.444 e. The zero-order valence-corrected chi connectivity index (χ0v) is 11.7. The first-order valence-corrected chi connectivity index (χ1v) is 7.60. The number of para-hydroxylation sites is 1. The molecule has 7 heteroatoms. The summed E-state index contributed by atoms with van der Waals surface area (Å²) in [5, 5.41) is -0.451. The molecule has 0 aliphatic rings. The van der Waals surface area contributed by atoms with Gasteiger partial charge in [-0.25, -0.2) is 17.2 Å². The number of halogens is 2. The van der Waals surface area contributed by atoms with Crippen LogP contribution in [0.2, 0.25) is 0 Å². The third-order valence-electron chi connectivity index (χ3n) is 3.02. The largest absolute Gasteiger partial charge is 0.444 e. The predicted octanol–water partition coefficient (Wildman–Crippen LogP) is 2.90. The van der Waals surface area contributed by atoms with Crippen LogP contribution in [-0.2, 0) is 9.84 Å². The highest BCUT2D eigenvalue weighted by Crippen LogP contribution is 2.24. The molecule has 0 unspecified atom stereocenters. The Kier molecular flexibility index (Phi) is 3.29. The van der Waals surface area contributed by atoms with E-state index in [-0.39, 0.29) is 11.0 Å². The number of hydrogen-bond donors (Lipinski definition) is 0. The van der Waals surface area contributed by atoms with E-state index in [0.717, 1.165) is 6.07 Å². The van der Waals surface area contributed by atoms with Crippen molar-refractivity contribution in [3.63, 3.8) is 0 Å². The zero-order chi connectivity index (χ0) is 15.9. The first-order chi connectivity index (χ1) is 10.4. The maximum atomic E-state index is 13.2. The molecule has 0 aliphatic heterocycles. The van der Waals surface area contributed by atoms with Gasteiger partial charge < -0.3 is 4.42 Å². The molecular weight excluding hydrogens is 314 g/mol. The van der Waals surface area contributed by atoms with Gasteiger partial charge >= 0.3 is 0 Å². The van der Waals surface area contributed by atoms with Crippen LogP contribution in [0.5, 0.6) is 0 Å². The van der Waals surface area contributed by atoms with Crippen molar-refractivity contribution in [1.29, 1.82) is 0 Å². The summed E-state index contributed by atoms with van der Waals surface area (Å²) in [6.45, 7) is 0. The van der Waals surface area contributed by atoms with Crippen LogP contribution in [-0.4, -0.2) is 8.42 Å². The minimum absolute atomic E-state index is 0.0745. The Morgan fingerprint density at radius 3 is 2.23 bits per heavy atom. The fraction of sp³-hybridized carbons (Fsp3) is 0. The molecule has 0 bridgehead atoms. The molecule has 0 spiro atoms. The lowest BCUT2D eigenvalue weighted by Crippen LogP contribution is -2.08. The molecule has 0 fully saturated rings. The van der Waals surface area contributed by atoms with Crippen molar-refractivity contribution in [3.05, 3.63) is 70.4 Å². The molecule has 0 amide bonds. The van der Waals surface area contributed by atoms with Crippen molar-refractivity contribution >= 4 is 20.8 Å². The predicted molar refractivity (Wildman–Crippen MR) is 74.3 cm³/mol. The first kappa shape index (κ1) is 14.4. The maximum absolute atomic E-state index is 13.2. The van der Waals surface area contributed by atoms with E-state index in [1.165, 1.54) is 12.1 Å². The normalized spacial score (nSPS) is 11.7. The second-order valence-corrected chi connectivity index (χ2v) is 6.42. The minimum atomic E-state index is -4.34. The second-order valence-electron chi connectivity index (χ2n) is 4.53. The van der Waals surface area contributed by atoms with Crippen molar-refractivity contribution in [2.45, 2.75) is 9.99 Å². The summed E-state index contributed by atoms with van der Waals surface area (Å²) in [6.07, 6.45) is 0. The van der Waals surface area contributed by atoms with E-state index in [1.807, 2.05) is 0 Å². The van der Waals surface area contributed by atoms with Crippen LogP contribution in [0.4, 0.5) is 8.78 Å². The highest BCUT2D eigenvalue weighted by molar-refractivity contribution is 7.91. The molecule has 22 heavy (non-hydrogen) atoms. The fourth-order valence-electron chi connectivity index (χ4n) is 2.01. The third-order valence-corrected chi connectivity index (χ3v) is 4.61. The molecule has 3 aromatic rings. The average Bonchev–Trinajstić information content (AvgIpc) is 2.46. The zero-order valence-electron chi connectivity index (χ0n) is 10.9. The Morgan fingerprint density at radius 1 is 0.909 bits per heavy atom. The Hall–Kier alpha value is -2.54. The van der Waals surface area contributed by atoms with Crippen molar-refractivity contribution < 1.29 is 21.6 Å². The summed E-state index contributed by atoms with van der Waals surface area (Å²) in [7, 11) is -4.34. The van der Waals surface area contributed by atoms with E-state index < -0.39 is 36.9 Å². The summed E-state index contributed by atoms with van der Waals surface area (Å²) < 4.78 is 56.4. The van der Waals surface area contributed by atoms with Crippen LogP contribution in [0.3, 0.4) is 0 Å². The molecule has 0 atom stereocenters. The summed E-state index contributed by atoms with van der Waals surface area (Å²) in [5.74, 6) is -2.08. The maximum Gasteiger partial charge on any atom is 0.239 e. The van der Waals surface area contributed by atoms with Gasteiger partial charge in [0.1, 0.15) is 17.2 Å². The van der Waals surface area contributed by atoms with E-state index >= 15 is 0 Å².